The maximum absolute atomic E-state index is 12.1. The van der Waals surface area contributed by atoms with Crippen molar-refractivity contribution in [3.8, 4) is 23.0 Å². The zero-order valence-corrected chi connectivity index (χ0v) is 34.4. The van der Waals surface area contributed by atoms with Gasteiger partial charge in [-0.2, -0.15) is 20.5 Å². The van der Waals surface area contributed by atoms with Gasteiger partial charge in [0, 0.05) is 10.8 Å². The minimum Gasteiger partial charge on any atom is -0.871 e. The first-order chi connectivity index (χ1) is 24.7. The first-order valence-electron chi connectivity index (χ1n) is 14.8. The van der Waals surface area contributed by atoms with Gasteiger partial charge in [-0.05, 0) is 49.1 Å². The Morgan fingerprint density at radius 1 is 0.519 bits per heavy atom. The fourth-order valence-electron chi connectivity index (χ4n) is 4.72. The third kappa shape index (κ3) is 9.87. The molecule has 2 N–H and O–H groups in total. The Balaban J connectivity index is 0.000000280. The Morgan fingerprint density at radius 2 is 0.870 bits per heavy atom. The monoisotopic (exact) mass is 860 g/mol. The van der Waals surface area contributed by atoms with Crippen LogP contribution in [0.5, 0.6) is 23.0 Å². The molecule has 20 heteroatoms. The minimum atomic E-state index is -3.87. The van der Waals surface area contributed by atoms with Gasteiger partial charge in [0.1, 0.15) is 9.79 Å². The van der Waals surface area contributed by atoms with Crippen LogP contribution in [0, 0.1) is 0 Å². The molecule has 0 bridgehead atoms. The SMILES string of the molecule is CNS(=O)(=O)c1cc([O-])c(N=Nc2c([O-])ccc3ccccc23)cc1Cl.CNS(=O)(=O)c1cc([O-])c(N=Nc2c([O-])ccc3ccccc23)cc1Cl.[Co+3].[Na+]. The number of benzene rings is 6. The van der Waals surface area contributed by atoms with Crippen LogP contribution in [0.2, 0.25) is 10.0 Å². The van der Waals surface area contributed by atoms with Crippen LogP contribution in [0.4, 0.5) is 22.7 Å². The number of hydrogen-bond donors (Lipinski definition) is 2. The number of halogens is 2. The number of nitrogens with one attached hydrogen (secondary N) is 2. The van der Waals surface area contributed by atoms with Crippen LogP contribution >= 0.6 is 23.2 Å². The first kappa shape index (κ1) is 44.5. The predicted molar refractivity (Wildman–Crippen MR) is 189 cm³/mol. The molecule has 6 rings (SSSR count). The third-order valence-corrected chi connectivity index (χ3v) is 11.1. The molecule has 0 aliphatic rings. The van der Waals surface area contributed by atoms with Gasteiger partial charge in [-0.3, -0.25) is 0 Å². The summed E-state index contributed by atoms with van der Waals surface area (Å²) in [4.78, 5) is -0.694. The predicted octanol–water partition coefficient (Wildman–Crippen LogP) is 2.93. The van der Waals surface area contributed by atoms with E-state index in [2.05, 4.69) is 29.9 Å². The first-order valence-corrected chi connectivity index (χ1v) is 18.5. The van der Waals surface area contributed by atoms with Gasteiger partial charge in [0.2, 0.25) is 20.0 Å². The van der Waals surface area contributed by atoms with E-state index >= 15 is 0 Å². The molecule has 54 heavy (non-hydrogen) atoms. The third-order valence-electron chi connectivity index (χ3n) is 7.39. The number of hydrogen-bond acceptors (Lipinski definition) is 12. The van der Waals surface area contributed by atoms with Gasteiger partial charge in [-0.1, -0.05) is 119 Å². The van der Waals surface area contributed by atoms with E-state index in [0.717, 1.165) is 35.0 Å². The van der Waals surface area contributed by atoms with E-state index < -0.39 is 31.5 Å². The Morgan fingerprint density at radius 3 is 1.22 bits per heavy atom. The summed E-state index contributed by atoms with van der Waals surface area (Å²) in [5.74, 6) is -2.06. The fourth-order valence-corrected chi connectivity index (χ4v) is 7.24. The summed E-state index contributed by atoms with van der Waals surface area (Å²) in [6.07, 6.45) is 0. The molecule has 0 unspecified atom stereocenters. The molecule has 0 aliphatic carbocycles. The zero-order valence-electron chi connectivity index (χ0n) is 28.2. The smallest absolute Gasteiger partial charge is 0.871 e. The van der Waals surface area contributed by atoms with Crippen molar-refractivity contribution < 1.29 is 83.6 Å². The molecule has 0 aliphatic heterocycles. The molecule has 0 saturated heterocycles. The van der Waals surface area contributed by atoms with Crippen LogP contribution < -0.4 is 59.4 Å². The molecular weight excluding hydrogens is 837 g/mol. The van der Waals surface area contributed by atoms with Crippen molar-refractivity contribution in [2.24, 2.45) is 20.5 Å². The van der Waals surface area contributed by atoms with E-state index in [1.807, 2.05) is 24.3 Å². The Hall–Kier alpha value is -3.85. The average molecular weight is 862 g/mol. The number of rotatable bonds is 8. The second-order valence-electron chi connectivity index (χ2n) is 10.6. The largest absolute Gasteiger partial charge is 3.00 e. The summed E-state index contributed by atoms with van der Waals surface area (Å²) >= 11 is 11.9. The molecule has 0 aromatic heterocycles. The van der Waals surface area contributed by atoms with Crippen molar-refractivity contribution >= 4 is 87.5 Å². The van der Waals surface area contributed by atoms with E-state index in [1.54, 1.807) is 36.4 Å². The fraction of sp³-hybridized carbons (Fsp3) is 0.0588. The van der Waals surface area contributed by atoms with Gasteiger partial charge >= 0.3 is 46.3 Å². The van der Waals surface area contributed by atoms with E-state index in [-0.39, 0.29) is 100 Å². The van der Waals surface area contributed by atoms with Gasteiger partial charge in [0.25, 0.3) is 0 Å². The summed E-state index contributed by atoms with van der Waals surface area (Å²) in [6, 6.07) is 24.3. The van der Waals surface area contributed by atoms with Crippen LogP contribution in [0.1, 0.15) is 0 Å². The molecule has 0 amide bonds. The summed E-state index contributed by atoms with van der Waals surface area (Å²) < 4.78 is 51.5. The molecule has 6 aromatic carbocycles. The molecular formula is C34H24Cl2CoN6NaO8S2. The summed E-state index contributed by atoms with van der Waals surface area (Å²) in [5.41, 5.74) is -0.161. The zero-order chi connectivity index (χ0) is 37.8. The molecule has 274 valence electrons. The van der Waals surface area contributed by atoms with Crippen LogP contribution in [0.3, 0.4) is 0 Å². The Bertz CT molecular complexity index is 2460. The Kier molecular flexibility index (Phi) is 15.4. The second-order valence-corrected chi connectivity index (χ2v) is 15.1. The number of fused-ring (bicyclic) bond motifs is 2. The molecule has 0 heterocycles. The van der Waals surface area contributed by atoms with Gasteiger partial charge in [0.15, 0.2) is 0 Å². The molecule has 14 nitrogen and oxygen atoms in total. The molecule has 6 aromatic rings. The molecule has 0 fully saturated rings. The minimum absolute atomic E-state index is 0. The summed E-state index contributed by atoms with van der Waals surface area (Å²) in [5, 5.41) is 66.3. The number of sulfonamides is 2. The van der Waals surface area contributed by atoms with Crippen LogP contribution in [-0.2, 0) is 36.8 Å². The van der Waals surface area contributed by atoms with Crippen molar-refractivity contribution in [1.29, 1.82) is 0 Å². The molecule has 0 atom stereocenters. The molecule has 0 spiro atoms. The summed E-state index contributed by atoms with van der Waals surface area (Å²) in [6.45, 7) is 0. The van der Waals surface area contributed by atoms with Crippen LogP contribution in [-0.4, -0.2) is 30.9 Å². The van der Waals surface area contributed by atoms with E-state index in [0.29, 0.717) is 10.8 Å². The molecule has 0 saturated carbocycles. The summed E-state index contributed by atoms with van der Waals surface area (Å²) in [7, 11) is -5.33. The van der Waals surface area contributed by atoms with Crippen molar-refractivity contribution in [3.63, 3.8) is 0 Å². The number of nitrogens with zero attached hydrogens (tertiary/aromatic N) is 4. The topological polar surface area (TPSA) is 234 Å². The van der Waals surface area contributed by atoms with Crippen LogP contribution in [0.25, 0.3) is 21.5 Å². The molecule has 0 radical (unpaired) electrons. The maximum Gasteiger partial charge on any atom is 3.00 e. The van der Waals surface area contributed by atoms with Gasteiger partial charge in [-0.25, -0.2) is 26.3 Å². The van der Waals surface area contributed by atoms with Gasteiger partial charge in [-0.15, -0.1) is 0 Å². The van der Waals surface area contributed by atoms with Gasteiger partial charge in [0.05, 0.1) is 32.8 Å². The average Bonchev–Trinajstić information content (AvgIpc) is 3.13. The quantitative estimate of drug-likeness (QED) is 0.170. The number of azo groups is 2. The standard InChI is InChI=1S/2C17H14ClN3O4S.Co.Na/c2*1-19-26(24,25)16-9-15(23)13(8-12(16)18)20-21-17-11-5-3-2-4-10(11)6-7-14(17)22;;/h2*2-9,19,22-23H,1H3;;/q;;+3;+1/p-4. The van der Waals surface area contributed by atoms with E-state index in [1.165, 1.54) is 26.2 Å². The van der Waals surface area contributed by atoms with E-state index in [4.69, 9.17) is 23.2 Å². The van der Waals surface area contributed by atoms with E-state index in [9.17, 15) is 37.3 Å². The van der Waals surface area contributed by atoms with Gasteiger partial charge < -0.3 is 20.4 Å². The second kappa shape index (κ2) is 18.7. The maximum atomic E-state index is 12.1. The van der Waals surface area contributed by atoms with Crippen LogP contribution in [0.15, 0.2) is 127 Å². The van der Waals surface area contributed by atoms with Crippen molar-refractivity contribution in [2.45, 2.75) is 9.79 Å². The Labute approximate surface area is 352 Å². The van der Waals surface area contributed by atoms with Crippen molar-refractivity contribution in [3.05, 3.63) is 107 Å². The normalized spacial score (nSPS) is 11.6. The van der Waals surface area contributed by atoms with Crippen molar-refractivity contribution in [1.82, 2.24) is 9.44 Å². The van der Waals surface area contributed by atoms with Crippen molar-refractivity contribution in [2.75, 3.05) is 14.1 Å².